The molecule has 2 rings (SSSR count). The number of anilines is 1. The van der Waals surface area contributed by atoms with Crippen LogP contribution in [0, 0.1) is 5.92 Å². The van der Waals surface area contributed by atoms with Crippen LogP contribution in [0.15, 0.2) is 18.3 Å². The van der Waals surface area contributed by atoms with Crippen LogP contribution < -0.4 is 10.1 Å². The van der Waals surface area contributed by atoms with Crippen molar-refractivity contribution in [2.24, 2.45) is 5.92 Å². The predicted octanol–water partition coefficient (Wildman–Crippen LogP) is 2.05. The number of aliphatic hydroxyl groups is 1. The van der Waals surface area contributed by atoms with Crippen LogP contribution in [0.25, 0.3) is 0 Å². The average molecular weight is 236 g/mol. The van der Waals surface area contributed by atoms with Gasteiger partial charge in [-0.2, -0.15) is 0 Å². The van der Waals surface area contributed by atoms with Gasteiger partial charge in [-0.1, -0.05) is 12.8 Å². The van der Waals surface area contributed by atoms with Gasteiger partial charge in [0.1, 0.15) is 0 Å². The Hall–Kier alpha value is -1.29. The Bertz CT molecular complexity index is 357. The van der Waals surface area contributed by atoms with Gasteiger partial charge in [0.15, 0.2) is 0 Å². The zero-order valence-electron chi connectivity index (χ0n) is 10.2. The zero-order chi connectivity index (χ0) is 12.1. The number of nitrogens with one attached hydrogen (secondary N) is 1. The van der Waals surface area contributed by atoms with Crippen LogP contribution in [0.1, 0.15) is 25.7 Å². The van der Waals surface area contributed by atoms with Crippen LogP contribution in [0.5, 0.6) is 5.88 Å². The summed E-state index contributed by atoms with van der Waals surface area (Å²) < 4.78 is 5.10. The van der Waals surface area contributed by atoms with E-state index in [4.69, 9.17) is 4.74 Å². The summed E-state index contributed by atoms with van der Waals surface area (Å²) in [5.74, 6) is 0.981. The van der Waals surface area contributed by atoms with Crippen molar-refractivity contribution in [3.8, 4) is 5.88 Å². The van der Waals surface area contributed by atoms with Crippen LogP contribution >= 0.6 is 0 Å². The Balaban J connectivity index is 2.02. The first-order valence-electron chi connectivity index (χ1n) is 6.21. The van der Waals surface area contributed by atoms with Gasteiger partial charge in [0.25, 0.3) is 0 Å². The van der Waals surface area contributed by atoms with Crippen molar-refractivity contribution in [3.05, 3.63) is 18.3 Å². The molecular weight excluding hydrogens is 216 g/mol. The average Bonchev–Trinajstić information content (AvgIpc) is 2.39. The van der Waals surface area contributed by atoms with Crippen LogP contribution in [0.2, 0.25) is 0 Å². The largest absolute Gasteiger partial charge is 0.481 e. The summed E-state index contributed by atoms with van der Waals surface area (Å²) in [6, 6.07) is 4.19. The highest BCUT2D eigenvalue weighted by molar-refractivity contribution is 5.46. The normalized spacial score (nSPS) is 24.4. The first kappa shape index (κ1) is 12.2. The Labute approximate surface area is 102 Å². The summed E-state index contributed by atoms with van der Waals surface area (Å²) in [5.41, 5.74) is 1.02. The lowest BCUT2D eigenvalue weighted by Gasteiger charge is -2.31. The van der Waals surface area contributed by atoms with Crippen LogP contribution in [0.4, 0.5) is 5.69 Å². The molecule has 0 spiro atoms. The highest BCUT2D eigenvalue weighted by Gasteiger charge is 2.24. The van der Waals surface area contributed by atoms with Crippen molar-refractivity contribution in [1.29, 1.82) is 0 Å². The van der Waals surface area contributed by atoms with Crippen molar-refractivity contribution in [1.82, 2.24) is 4.98 Å². The summed E-state index contributed by atoms with van der Waals surface area (Å²) in [7, 11) is 1.61. The monoisotopic (exact) mass is 236 g/mol. The molecule has 0 radical (unpaired) electrons. The van der Waals surface area contributed by atoms with E-state index in [9.17, 15) is 5.11 Å². The van der Waals surface area contributed by atoms with Crippen LogP contribution in [-0.2, 0) is 0 Å². The molecule has 1 aromatic heterocycles. The van der Waals surface area contributed by atoms with Crippen molar-refractivity contribution in [2.75, 3.05) is 19.0 Å². The maximum Gasteiger partial charge on any atom is 0.214 e. The number of hydrogen-bond acceptors (Lipinski definition) is 4. The molecule has 1 heterocycles. The van der Waals surface area contributed by atoms with Crippen molar-refractivity contribution in [3.63, 3.8) is 0 Å². The number of rotatable bonds is 4. The third-order valence-corrected chi connectivity index (χ3v) is 3.44. The smallest absolute Gasteiger partial charge is 0.214 e. The molecular formula is C13H20N2O2. The molecule has 2 N–H and O–H groups in total. The number of pyridine rings is 1. The fourth-order valence-electron chi connectivity index (χ4n) is 2.44. The van der Waals surface area contributed by atoms with Crippen molar-refractivity contribution >= 4 is 5.69 Å². The molecule has 0 saturated heterocycles. The summed E-state index contributed by atoms with van der Waals surface area (Å²) in [6.07, 6.45) is 6.42. The highest BCUT2D eigenvalue weighted by atomic mass is 16.5. The molecule has 1 aliphatic rings. The van der Waals surface area contributed by atoms with E-state index in [0.717, 1.165) is 18.5 Å². The van der Waals surface area contributed by atoms with E-state index < -0.39 is 0 Å². The Morgan fingerprint density at radius 3 is 3.06 bits per heavy atom. The summed E-state index contributed by atoms with van der Waals surface area (Å²) in [5, 5.41) is 12.8. The molecule has 2 unspecified atom stereocenters. The highest BCUT2D eigenvalue weighted by Crippen LogP contribution is 2.27. The molecule has 4 heteroatoms. The number of methoxy groups -OCH3 is 1. The van der Waals surface area contributed by atoms with E-state index in [0.29, 0.717) is 17.8 Å². The molecule has 2 atom stereocenters. The first-order chi connectivity index (χ1) is 8.33. The fraction of sp³-hybridized carbons (Fsp3) is 0.615. The Morgan fingerprint density at radius 1 is 1.47 bits per heavy atom. The maximum absolute atomic E-state index is 9.36. The van der Waals surface area contributed by atoms with Gasteiger partial charge in [0, 0.05) is 36.5 Å². The molecule has 1 fully saturated rings. The van der Waals surface area contributed by atoms with Gasteiger partial charge in [0.2, 0.25) is 5.88 Å². The Morgan fingerprint density at radius 2 is 2.29 bits per heavy atom. The lowest BCUT2D eigenvalue weighted by Crippen LogP contribution is -2.34. The van der Waals surface area contributed by atoms with E-state index >= 15 is 0 Å². The topological polar surface area (TPSA) is 54.4 Å². The number of hydrogen-bond donors (Lipinski definition) is 2. The van der Waals surface area contributed by atoms with Gasteiger partial charge in [-0.3, -0.25) is 0 Å². The molecule has 4 nitrogen and oxygen atoms in total. The minimum Gasteiger partial charge on any atom is -0.481 e. The van der Waals surface area contributed by atoms with Gasteiger partial charge in [-0.25, -0.2) is 4.98 Å². The molecule has 1 aromatic rings. The summed E-state index contributed by atoms with van der Waals surface area (Å²) in [4.78, 5) is 4.08. The summed E-state index contributed by atoms with van der Waals surface area (Å²) in [6.45, 7) is 0.264. The minimum absolute atomic E-state index is 0.264. The molecule has 94 valence electrons. The number of aliphatic hydroxyl groups excluding tert-OH is 1. The number of ether oxygens (including phenoxy) is 1. The van der Waals surface area contributed by atoms with E-state index in [1.807, 2.05) is 12.1 Å². The van der Waals surface area contributed by atoms with Gasteiger partial charge in [0.05, 0.1) is 7.11 Å². The van der Waals surface area contributed by atoms with E-state index in [1.165, 1.54) is 12.8 Å². The van der Waals surface area contributed by atoms with E-state index in [1.54, 1.807) is 13.3 Å². The summed E-state index contributed by atoms with van der Waals surface area (Å²) >= 11 is 0. The third kappa shape index (κ3) is 3.09. The maximum atomic E-state index is 9.36. The quantitative estimate of drug-likeness (QED) is 0.840. The lowest BCUT2D eigenvalue weighted by molar-refractivity contribution is 0.178. The van der Waals surface area contributed by atoms with Gasteiger partial charge >= 0.3 is 0 Å². The second-order valence-electron chi connectivity index (χ2n) is 4.56. The van der Waals surface area contributed by atoms with Gasteiger partial charge in [-0.05, 0) is 18.9 Å². The molecule has 17 heavy (non-hydrogen) atoms. The van der Waals surface area contributed by atoms with Crippen molar-refractivity contribution < 1.29 is 9.84 Å². The Kier molecular flexibility index (Phi) is 4.20. The lowest BCUT2D eigenvalue weighted by atomic mass is 9.85. The molecule has 0 bridgehead atoms. The number of aromatic nitrogens is 1. The van der Waals surface area contributed by atoms with Crippen LogP contribution in [-0.4, -0.2) is 29.8 Å². The van der Waals surface area contributed by atoms with Gasteiger partial charge < -0.3 is 15.2 Å². The van der Waals surface area contributed by atoms with E-state index in [2.05, 4.69) is 10.3 Å². The molecule has 1 saturated carbocycles. The molecule has 1 aliphatic carbocycles. The van der Waals surface area contributed by atoms with Crippen molar-refractivity contribution in [2.45, 2.75) is 31.7 Å². The fourth-order valence-corrected chi connectivity index (χ4v) is 2.44. The SMILES string of the molecule is COc1cc(NC2CCCCC2CO)ccn1. The third-order valence-electron chi connectivity index (χ3n) is 3.44. The standard InChI is InChI=1S/C13H20N2O2/c1-17-13-8-11(6-7-14-13)15-12-5-3-2-4-10(12)9-16/h6-8,10,12,16H,2-5,9H2,1H3,(H,14,15). The second-order valence-corrected chi connectivity index (χ2v) is 4.56. The minimum atomic E-state index is 0.264. The number of nitrogens with zero attached hydrogens (tertiary/aromatic N) is 1. The second kappa shape index (κ2) is 5.87. The molecule has 0 aliphatic heterocycles. The molecule has 0 amide bonds. The van der Waals surface area contributed by atoms with E-state index in [-0.39, 0.29) is 6.61 Å². The first-order valence-corrected chi connectivity index (χ1v) is 6.21. The van der Waals surface area contributed by atoms with Crippen LogP contribution in [0.3, 0.4) is 0 Å². The molecule has 0 aromatic carbocycles. The zero-order valence-corrected chi connectivity index (χ0v) is 10.2. The van der Waals surface area contributed by atoms with Gasteiger partial charge in [-0.15, -0.1) is 0 Å². The predicted molar refractivity (Wildman–Crippen MR) is 67.2 cm³/mol.